The number of halogens is 1. The van der Waals surface area contributed by atoms with E-state index in [1.54, 1.807) is 25.9 Å². The first-order valence-electron chi connectivity index (χ1n) is 6.40. The van der Waals surface area contributed by atoms with Gasteiger partial charge in [-0.1, -0.05) is 0 Å². The summed E-state index contributed by atoms with van der Waals surface area (Å²) in [5.41, 5.74) is -0.471. The normalized spacial score (nSPS) is 12.4. The highest BCUT2D eigenvalue weighted by Crippen LogP contribution is 2.19. The number of nitrogens with one attached hydrogen (secondary N) is 3. The third kappa shape index (κ3) is 8.18. The van der Waals surface area contributed by atoms with Crippen molar-refractivity contribution >= 4 is 47.6 Å². The van der Waals surface area contributed by atoms with Crippen LogP contribution < -0.4 is 16.0 Å². The number of rotatable bonds is 6. The summed E-state index contributed by atoms with van der Waals surface area (Å²) in [6.45, 7) is 9.50. The van der Waals surface area contributed by atoms with Gasteiger partial charge in [0.15, 0.2) is 5.96 Å². The van der Waals surface area contributed by atoms with Gasteiger partial charge in [0, 0.05) is 31.9 Å². The fourth-order valence-corrected chi connectivity index (χ4v) is 1.53. The van der Waals surface area contributed by atoms with Crippen molar-refractivity contribution in [3.63, 3.8) is 0 Å². The minimum Gasteiger partial charge on any atom is -0.359 e. The van der Waals surface area contributed by atoms with Crippen molar-refractivity contribution in [3.8, 4) is 0 Å². The van der Waals surface area contributed by atoms with Crippen LogP contribution in [0, 0.1) is 5.41 Å². The largest absolute Gasteiger partial charge is 0.359 e. The maximum absolute atomic E-state index is 11.7. The fourth-order valence-electron chi connectivity index (χ4n) is 1.31. The lowest BCUT2D eigenvalue weighted by Gasteiger charge is -2.26. The minimum atomic E-state index is -0.471. The molecule has 7 heteroatoms. The SMILES string of the molecule is CN=C(NCC(C)(C)SC)NCC(C)(C)C(=O)NC.I. The van der Waals surface area contributed by atoms with Crippen molar-refractivity contribution in [1.82, 2.24) is 16.0 Å². The molecule has 0 heterocycles. The highest BCUT2D eigenvalue weighted by atomic mass is 127. The molecule has 0 aliphatic rings. The topological polar surface area (TPSA) is 65.5 Å². The summed E-state index contributed by atoms with van der Waals surface area (Å²) in [7, 11) is 3.38. The number of carbonyl (C=O) groups is 1. The van der Waals surface area contributed by atoms with E-state index in [0.29, 0.717) is 6.54 Å². The number of amides is 1. The van der Waals surface area contributed by atoms with Crippen molar-refractivity contribution in [1.29, 1.82) is 0 Å². The van der Waals surface area contributed by atoms with Gasteiger partial charge in [0.1, 0.15) is 0 Å². The lowest BCUT2D eigenvalue weighted by Crippen LogP contribution is -2.49. The predicted molar refractivity (Wildman–Crippen MR) is 100 cm³/mol. The number of thioether (sulfide) groups is 1. The molecule has 20 heavy (non-hydrogen) atoms. The molecule has 120 valence electrons. The molecule has 0 rings (SSSR count). The number of nitrogens with zero attached hydrogens (tertiary/aromatic N) is 1. The van der Waals surface area contributed by atoms with Gasteiger partial charge in [-0.15, -0.1) is 24.0 Å². The Bertz CT molecular complexity index is 332. The first-order valence-corrected chi connectivity index (χ1v) is 7.63. The van der Waals surface area contributed by atoms with Gasteiger partial charge in [-0.3, -0.25) is 9.79 Å². The Morgan fingerprint density at radius 3 is 2.05 bits per heavy atom. The highest BCUT2D eigenvalue weighted by molar-refractivity contribution is 14.0. The van der Waals surface area contributed by atoms with E-state index in [-0.39, 0.29) is 34.6 Å². The van der Waals surface area contributed by atoms with Crippen molar-refractivity contribution < 1.29 is 4.79 Å². The van der Waals surface area contributed by atoms with Crippen LogP contribution in [0.2, 0.25) is 0 Å². The summed E-state index contributed by atoms with van der Waals surface area (Å²) in [5, 5.41) is 9.14. The molecule has 0 atom stereocenters. The number of aliphatic imine (C=N–C) groups is 1. The van der Waals surface area contributed by atoms with Crippen molar-refractivity contribution in [3.05, 3.63) is 0 Å². The summed E-state index contributed by atoms with van der Waals surface area (Å²) in [5.74, 6) is 0.735. The molecule has 0 saturated carbocycles. The Balaban J connectivity index is 0. The molecule has 0 aromatic carbocycles. The van der Waals surface area contributed by atoms with E-state index in [1.807, 2.05) is 13.8 Å². The van der Waals surface area contributed by atoms with Gasteiger partial charge in [-0.25, -0.2) is 0 Å². The number of guanidine groups is 1. The average Bonchev–Trinajstić information content (AvgIpc) is 2.37. The van der Waals surface area contributed by atoms with Gasteiger partial charge in [0.25, 0.3) is 0 Å². The minimum absolute atomic E-state index is 0. The summed E-state index contributed by atoms with van der Waals surface area (Å²) < 4.78 is 0.147. The summed E-state index contributed by atoms with van der Waals surface area (Å²) >= 11 is 1.80. The molecule has 0 unspecified atom stereocenters. The average molecular weight is 416 g/mol. The van der Waals surface area contributed by atoms with Crippen LogP contribution in [0.15, 0.2) is 4.99 Å². The van der Waals surface area contributed by atoms with Crippen LogP contribution in [0.4, 0.5) is 0 Å². The Hall–Kier alpha value is -0.180. The molecule has 0 aliphatic carbocycles. The second-order valence-electron chi connectivity index (χ2n) is 5.71. The first kappa shape index (κ1) is 22.1. The van der Waals surface area contributed by atoms with Crippen molar-refractivity contribution in [2.75, 3.05) is 33.4 Å². The fraction of sp³-hybridized carbons (Fsp3) is 0.846. The Morgan fingerprint density at radius 1 is 1.15 bits per heavy atom. The molecular formula is C13H29IN4OS. The van der Waals surface area contributed by atoms with E-state index in [0.717, 1.165) is 12.5 Å². The Labute approximate surface area is 144 Å². The lowest BCUT2D eigenvalue weighted by atomic mass is 9.92. The number of carbonyl (C=O) groups excluding carboxylic acids is 1. The highest BCUT2D eigenvalue weighted by Gasteiger charge is 2.26. The molecule has 0 bridgehead atoms. The van der Waals surface area contributed by atoms with Crippen LogP contribution in [0.25, 0.3) is 0 Å². The molecule has 5 nitrogen and oxygen atoms in total. The van der Waals surface area contributed by atoms with Gasteiger partial charge in [-0.05, 0) is 34.0 Å². The third-order valence-corrected chi connectivity index (χ3v) is 4.25. The maximum atomic E-state index is 11.7. The maximum Gasteiger partial charge on any atom is 0.227 e. The summed E-state index contributed by atoms with van der Waals surface area (Å²) in [4.78, 5) is 15.9. The van der Waals surface area contributed by atoms with Gasteiger partial charge in [0.2, 0.25) is 5.91 Å². The summed E-state index contributed by atoms with van der Waals surface area (Å²) in [6, 6.07) is 0. The van der Waals surface area contributed by atoms with E-state index in [9.17, 15) is 4.79 Å². The van der Waals surface area contributed by atoms with E-state index < -0.39 is 5.41 Å². The van der Waals surface area contributed by atoms with Gasteiger partial charge in [-0.2, -0.15) is 11.8 Å². The molecule has 1 amide bonds. The number of hydrogen-bond donors (Lipinski definition) is 3. The van der Waals surface area contributed by atoms with Gasteiger partial charge >= 0.3 is 0 Å². The van der Waals surface area contributed by atoms with Crippen LogP contribution in [0.1, 0.15) is 27.7 Å². The first-order chi connectivity index (χ1) is 8.68. The molecule has 0 aromatic heterocycles. The molecule has 0 spiro atoms. The van der Waals surface area contributed by atoms with Gasteiger partial charge in [0.05, 0.1) is 5.41 Å². The quantitative estimate of drug-likeness (QED) is 0.350. The standard InChI is InChI=1S/C13H28N4OS.HI/c1-12(2,10(18)14-5)8-16-11(15-6)17-9-13(3,4)19-7;/h8-9H2,1-7H3,(H,14,18)(H2,15,16,17);1H. The van der Waals surface area contributed by atoms with E-state index in [4.69, 9.17) is 0 Å². The molecule has 0 aliphatic heterocycles. The summed E-state index contributed by atoms with van der Waals surface area (Å²) in [6.07, 6.45) is 2.09. The van der Waals surface area contributed by atoms with Gasteiger partial charge < -0.3 is 16.0 Å². The van der Waals surface area contributed by atoms with Crippen LogP contribution in [-0.2, 0) is 4.79 Å². The predicted octanol–water partition coefficient (Wildman–Crippen LogP) is 1.68. The zero-order valence-corrected chi connectivity index (χ0v) is 16.7. The molecular weight excluding hydrogens is 387 g/mol. The Kier molecular flexibility index (Phi) is 10.7. The second kappa shape index (κ2) is 9.70. The van der Waals surface area contributed by atoms with Crippen LogP contribution in [-0.4, -0.2) is 50.1 Å². The lowest BCUT2D eigenvalue weighted by molar-refractivity contribution is -0.128. The molecule has 0 aromatic rings. The van der Waals surface area contributed by atoms with Crippen molar-refractivity contribution in [2.45, 2.75) is 32.4 Å². The van der Waals surface area contributed by atoms with Crippen LogP contribution in [0.3, 0.4) is 0 Å². The third-order valence-electron chi connectivity index (χ3n) is 3.00. The Morgan fingerprint density at radius 2 is 1.65 bits per heavy atom. The van der Waals surface area contributed by atoms with Crippen molar-refractivity contribution in [2.24, 2.45) is 10.4 Å². The molecule has 0 radical (unpaired) electrons. The van der Waals surface area contributed by atoms with E-state index in [2.05, 4.69) is 41.0 Å². The molecule has 0 saturated heterocycles. The number of hydrogen-bond acceptors (Lipinski definition) is 3. The smallest absolute Gasteiger partial charge is 0.227 e. The zero-order valence-electron chi connectivity index (χ0n) is 13.6. The van der Waals surface area contributed by atoms with Crippen LogP contribution in [0.5, 0.6) is 0 Å². The second-order valence-corrected chi connectivity index (χ2v) is 7.22. The monoisotopic (exact) mass is 416 g/mol. The van der Waals surface area contributed by atoms with Crippen LogP contribution >= 0.6 is 35.7 Å². The molecule has 3 N–H and O–H groups in total. The zero-order chi connectivity index (χ0) is 15.1. The molecule has 0 fully saturated rings. The van der Waals surface area contributed by atoms with E-state index >= 15 is 0 Å². The van der Waals surface area contributed by atoms with E-state index in [1.165, 1.54) is 0 Å².